The van der Waals surface area contributed by atoms with Gasteiger partial charge in [-0.25, -0.2) is 4.57 Å². The monoisotopic (exact) mass is 722 g/mol. The van der Waals surface area contributed by atoms with Gasteiger partial charge in [-0.15, -0.1) is 0 Å². The van der Waals surface area contributed by atoms with Gasteiger partial charge in [0.25, 0.3) is 0 Å². The highest BCUT2D eigenvalue weighted by Gasteiger charge is 2.22. The molecule has 0 fully saturated rings. The molecule has 0 spiro atoms. The van der Waals surface area contributed by atoms with Crippen LogP contribution in [0.1, 0.15) is 168 Å². The maximum atomic E-state index is 12.4. The summed E-state index contributed by atoms with van der Waals surface area (Å²) < 4.78 is 26.3. The Bertz CT molecular complexity index is 995. The lowest BCUT2D eigenvalue weighted by Gasteiger charge is -2.18. The van der Waals surface area contributed by atoms with Gasteiger partial charge in [-0.2, -0.15) is 0 Å². The second-order valence-electron chi connectivity index (χ2n) is 12.9. The molecular formula is C41H71O8P. The molecule has 0 aromatic carbocycles. The van der Waals surface area contributed by atoms with Crippen molar-refractivity contribution in [3.63, 3.8) is 0 Å². The van der Waals surface area contributed by atoms with Gasteiger partial charge >= 0.3 is 19.8 Å². The zero-order chi connectivity index (χ0) is 36.8. The molecule has 0 amide bonds. The zero-order valence-electron chi connectivity index (χ0n) is 31.5. The summed E-state index contributed by atoms with van der Waals surface area (Å²) in [6.07, 6.45) is 45.1. The molecule has 1 atom stereocenters. The van der Waals surface area contributed by atoms with Gasteiger partial charge in [-0.05, 0) is 57.8 Å². The number of rotatable bonds is 35. The number of hydrogen-bond acceptors (Lipinski definition) is 6. The largest absolute Gasteiger partial charge is 0.469 e. The molecule has 0 aliphatic heterocycles. The summed E-state index contributed by atoms with van der Waals surface area (Å²) in [5.41, 5.74) is 0. The molecule has 0 aliphatic carbocycles. The lowest BCUT2D eigenvalue weighted by molar-refractivity contribution is -0.161. The molecule has 50 heavy (non-hydrogen) atoms. The quantitative estimate of drug-likeness (QED) is 0.0287. The first kappa shape index (κ1) is 47.8. The van der Waals surface area contributed by atoms with Gasteiger partial charge in [0.15, 0.2) is 6.10 Å². The third-order valence-corrected chi connectivity index (χ3v) is 8.54. The van der Waals surface area contributed by atoms with Crippen LogP contribution in [0.3, 0.4) is 0 Å². The predicted octanol–water partition coefficient (Wildman–Crippen LogP) is 11.7. The molecule has 0 unspecified atom stereocenters. The first-order valence-electron chi connectivity index (χ1n) is 19.6. The van der Waals surface area contributed by atoms with Gasteiger partial charge in [-0.3, -0.25) is 14.1 Å². The van der Waals surface area contributed by atoms with Crippen molar-refractivity contribution in [3.8, 4) is 0 Å². The van der Waals surface area contributed by atoms with E-state index in [1.165, 1.54) is 64.2 Å². The van der Waals surface area contributed by atoms with Crippen LogP contribution in [0.15, 0.2) is 60.8 Å². The number of ether oxygens (including phenoxy) is 2. The fraction of sp³-hybridized carbons (Fsp3) is 0.707. The first-order valence-corrected chi connectivity index (χ1v) is 21.1. The molecular weight excluding hydrogens is 651 g/mol. The SMILES string of the molecule is CC/C=C\C/C=C\C/C=C\C/C=C\C/C=C\CCCCCC(=O)O[C@H](COC(=O)CCCCCCCCCCCCCCC)COP(=O)(O)O. The van der Waals surface area contributed by atoms with Crippen molar-refractivity contribution in [1.82, 2.24) is 0 Å². The fourth-order valence-corrected chi connectivity index (χ4v) is 5.52. The van der Waals surface area contributed by atoms with Gasteiger partial charge in [0.2, 0.25) is 0 Å². The smallest absolute Gasteiger partial charge is 0.462 e. The maximum absolute atomic E-state index is 12.4. The van der Waals surface area contributed by atoms with Crippen molar-refractivity contribution in [3.05, 3.63) is 60.8 Å². The molecule has 0 aromatic rings. The number of carbonyl (C=O) groups is 2. The normalized spacial score (nSPS) is 13.1. The number of esters is 2. The van der Waals surface area contributed by atoms with Crippen LogP contribution in [-0.4, -0.2) is 41.0 Å². The average molecular weight is 723 g/mol. The Morgan fingerprint density at radius 1 is 0.540 bits per heavy atom. The Morgan fingerprint density at radius 3 is 1.44 bits per heavy atom. The van der Waals surface area contributed by atoms with Crippen molar-refractivity contribution >= 4 is 19.8 Å². The molecule has 0 radical (unpaired) electrons. The first-order chi connectivity index (χ1) is 24.3. The van der Waals surface area contributed by atoms with E-state index >= 15 is 0 Å². The minimum absolute atomic E-state index is 0.172. The summed E-state index contributed by atoms with van der Waals surface area (Å²) in [5, 5.41) is 0. The number of allylic oxidation sites excluding steroid dienone is 10. The standard InChI is InChI=1S/C41H71O8P/c1-3-5-7-9-11-13-15-17-18-19-20-21-22-24-26-28-30-32-34-36-41(43)49-39(38-48-50(44,45)46)37-47-40(42)35-33-31-29-27-25-23-16-14-12-10-8-6-4-2/h5,7,11,13,17-18,20-21,24,26,39H,3-4,6,8-10,12,14-16,19,22-23,25,27-38H2,1-2H3,(H2,44,45,46)/b7-5-,13-11-,18-17-,21-20-,26-24-/t39-/m1/s1. The summed E-state index contributed by atoms with van der Waals surface area (Å²) in [4.78, 5) is 42.7. The van der Waals surface area contributed by atoms with Crippen LogP contribution in [0.2, 0.25) is 0 Å². The molecule has 288 valence electrons. The van der Waals surface area contributed by atoms with Crippen LogP contribution < -0.4 is 0 Å². The van der Waals surface area contributed by atoms with E-state index in [4.69, 9.17) is 19.3 Å². The third-order valence-electron chi connectivity index (χ3n) is 8.05. The van der Waals surface area contributed by atoms with Crippen LogP contribution >= 0.6 is 7.82 Å². The molecule has 0 heterocycles. The minimum atomic E-state index is -4.76. The van der Waals surface area contributed by atoms with E-state index in [1.807, 2.05) is 0 Å². The summed E-state index contributed by atoms with van der Waals surface area (Å²) in [7, 11) is -4.76. The number of unbranched alkanes of at least 4 members (excludes halogenated alkanes) is 15. The molecule has 8 nitrogen and oxygen atoms in total. The Labute approximate surface area is 305 Å². The molecule has 0 aliphatic rings. The Morgan fingerprint density at radius 2 is 0.960 bits per heavy atom. The van der Waals surface area contributed by atoms with E-state index in [0.29, 0.717) is 6.42 Å². The van der Waals surface area contributed by atoms with Gasteiger partial charge in [0.1, 0.15) is 6.61 Å². The van der Waals surface area contributed by atoms with E-state index in [0.717, 1.165) is 70.6 Å². The number of carbonyl (C=O) groups excluding carboxylic acids is 2. The third kappa shape index (κ3) is 38.6. The topological polar surface area (TPSA) is 119 Å². The highest BCUT2D eigenvalue weighted by Crippen LogP contribution is 2.36. The van der Waals surface area contributed by atoms with Crippen LogP contribution in [0.25, 0.3) is 0 Å². The Kier molecular flexibility index (Phi) is 34.9. The van der Waals surface area contributed by atoms with Gasteiger partial charge in [-0.1, -0.05) is 158 Å². The summed E-state index contributed by atoms with van der Waals surface area (Å²) in [6, 6.07) is 0. The predicted molar refractivity (Wildman–Crippen MR) is 207 cm³/mol. The second-order valence-corrected chi connectivity index (χ2v) is 14.1. The van der Waals surface area contributed by atoms with E-state index in [-0.39, 0.29) is 19.4 Å². The average Bonchev–Trinajstić information content (AvgIpc) is 3.08. The lowest BCUT2D eigenvalue weighted by atomic mass is 10.0. The lowest BCUT2D eigenvalue weighted by Crippen LogP contribution is -2.29. The Hall–Kier alpha value is -2.25. The zero-order valence-corrected chi connectivity index (χ0v) is 32.4. The van der Waals surface area contributed by atoms with Gasteiger partial charge < -0.3 is 19.3 Å². The molecule has 0 aromatic heterocycles. The van der Waals surface area contributed by atoms with Gasteiger partial charge in [0.05, 0.1) is 6.61 Å². The van der Waals surface area contributed by atoms with Crippen molar-refractivity contribution in [2.45, 2.75) is 174 Å². The maximum Gasteiger partial charge on any atom is 0.469 e. The van der Waals surface area contributed by atoms with Crippen LogP contribution in [0, 0.1) is 0 Å². The van der Waals surface area contributed by atoms with Crippen molar-refractivity contribution in [2.75, 3.05) is 13.2 Å². The summed E-state index contributed by atoms with van der Waals surface area (Å²) in [6.45, 7) is 3.53. The highest BCUT2D eigenvalue weighted by molar-refractivity contribution is 7.46. The fourth-order valence-electron chi connectivity index (χ4n) is 5.16. The van der Waals surface area contributed by atoms with Crippen molar-refractivity contribution in [1.29, 1.82) is 0 Å². The number of phosphoric acid groups is 1. The van der Waals surface area contributed by atoms with E-state index < -0.39 is 32.5 Å². The van der Waals surface area contributed by atoms with Crippen molar-refractivity contribution in [2.24, 2.45) is 0 Å². The van der Waals surface area contributed by atoms with E-state index in [2.05, 4.69) is 79.1 Å². The molecule has 0 bridgehead atoms. The molecule has 0 rings (SSSR count). The second kappa shape index (κ2) is 36.5. The van der Waals surface area contributed by atoms with E-state index in [1.54, 1.807) is 0 Å². The molecule has 0 saturated carbocycles. The van der Waals surface area contributed by atoms with Crippen molar-refractivity contribution < 1.29 is 37.9 Å². The number of phosphoric ester groups is 1. The van der Waals surface area contributed by atoms with Crippen LogP contribution in [0.5, 0.6) is 0 Å². The van der Waals surface area contributed by atoms with Crippen LogP contribution in [0.4, 0.5) is 0 Å². The highest BCUT2D eigenvalue weighted by atomic mass is 31.2. The molecule has 0 saturated heterocycles. The minimum Gasteiger partial charge on any atom is -0.462 e. The summed E-state index contributed by atoms with van der Waals surface area (Å²) in [5.74, 6) is -0.924. The molecule has 9 heteroatoms. The van der Waals surface area contributed by atoms with Gasteiger partial charge in [0, 0.05) is 12.8 Å². The molecule has 2 N–H and O–H groups in total. The van der Waals surface area contributed by atoms with E-state index in [9.17, 15) is 14.2 Å². The number of hydrogen-bond donors (Lipinski definition) is 2. The summed E-state index contributed by atoms with van der Waals surface area (Å²) >= 11 is 0. The Balaban J connectivity index is 4.03. The van der Waals surface area contributed by atoms with Crippen LogP contribution in [-0.2, 0) is 28.2 Å².